The summed E-state index contributed by atoms with van der Waals surface area (Å²) in [5, 5.41) is 3.49. The number of hydrogen-bond donors (Lipinski definition) is 1. The molecule has 3 aromatic carbocycles. The van der Waals surface area contributed by atoms with Gasteiger partial charge in [-0.1, -0.05) is 24.3 Å². The number of halogens is 1. The van der Waals surface area contributed by atoms with Gasteiger partial charge in [0.1, 0.15) is 5.58 Å². The molecule has 0 radical (unpaired) electrons. The molecule has 0 atom stereocenters. The van der Waals surface area contributed by atoms with Gasteiger partial charge >= 0.3 is 0 Å². The van der Waals surface area contributed by atoms with Gasteiger partial charge in [-0.05, 0) is 58.4 Å². The Morgan fingerprint density at radius 1 is 0.900 bits per heavy atom. The maximum absolute atomic E-state index is 13.3. The SMILES string of the molecule is O=C(Nc1c(C(=O)c2ccc3c(c2)OCO3)oc2ccccc12)c1ccccc1Br. The van der Waals surface area contributed by atoms with E-state index in [2.05, 4.69) is 21.2 Å². The fraction of sp³-hybridized carbons (Fsp3) is 0.0435. The molecule has 0 saturated carbocycles. The zero-order valence-electron chi connectivity index (χ0n) is 15.5. The van der Waals surface area contributed by atoms with Crippen molar-refractivity contribution >= 4 is 44.3 Å². The van der Waals surface area contributed by atoms with Crippen molar-refractivity contribution in [1.29, 1.82) is 0 Å². The molecule has 0 unspecified atom stereocenters. The zero-order chi connectivity index (χ0) is 20.7. The van der Waals surface area contributed by atoms with Crippen molar-refractivity contribution in [3.8, 4) is 11.5 Å². The van der Waals surface area contributed by atoms with Crippen LogP contribution in [0.5, 0.6) is 11.5 Å². The molecule has 6 nitrogen and oxygen atoms in total. The zero-order valence-corrected chi connectivity index (χ0v) is 17.1. The van der Waals surface area contributed by atoms with Gasteiger partial charge in [-0.2, -0.15) is 0 Å². The summed E-state index contributed by atoms with van der Waals surface area (Å²) in [6.45, 7) is 0.116. The van der Waals surface area contributed by atoms with Crippen LogP contribution < -0.4 is 14.8 Å². The Morgan fingerprint density at radius 3 is 2.53 bits per heavy atom. The Hall–Kier alpha value is -3.58. The van der Waals surface area contributed by atoms with Crippen LogP contribution in [0.1, 0.15) is 26.5 Å². The van der Waals surface area contributed by atoms with Crippen molar-refractivity contribution in [3.05, 3.63) is 88.1 Å². The third-order valence-electron chi connectivity index (χ3n) is 4.79. The highest BCUT2D eigenvalue weighted by Crippen LogP contribution is 2.36. The molecule has 30 heavy (non-hydrogen) atoms. The lowest BCUT2D eigenvalue weighted by Crippen LogP contribution is -2.14. The van der Waals surface area contributed by atoms with Gasteiger partial charge in [-0.15, -0.1) is 0 Å². The second kappa shape index (κ2) is 7.35. The van der Waals surface area contributed by atoms with E-state index in [1.807, 2.05) is 12.1 Å². The van der Waals surface area contributed by atoms with Crippen molar-refractivity contribution in [3.63, 3.8) is 0 Å². The number of benzene rings is 3. The number of furan rings is 1. The second-order valence-electron chi connectivity index (χ2n) is 6.63. The van der Waals surface area contributed by atoms with E-state index in [4.69, 9.17) is 13.9 Å². The monoisotopic (exact) mass is 463 g/mol. The summed E-state index contributed by atoms with van der Waals surface area (Å²) in [5.41, 5.74) is 1.65. The largest absolute Gasteiger partial charge is 0.454 e. The summed E-state index contributed by atoms with van der Waals surface area (Å²) in [4.78, 5) is 26.2. The van der Waals surface area contributed by atoms with E-state index in [9.17, 15) is 9.59 Å². The first-order valence-electron chi connectivity index (χ1n) is 9.13. The first-order valence-corrected chi connectivity index (χ1v) is 9.93. The number of para-hydroxylation sites is 1. The number of ether oxygens (including phenoxy) is 2. The van der Waals surface area contributed by atoms with Crippen LogP contribution in [0.4, 0.5) is 5.69 Å². The normalized spacial score (nSPS) is 12.2. The highest BCUT2D eigenvalue weighted by molar-refractivity contribution is 9.10. The fourth-order valence-electron chi connectivity index (χ4n) is 3.32. The van der Waals surface area contributed by atoms with Gasteiger partial charge in [0, 0.05) is 15.4 Å². The van der Waals surface area contributed by atoms with E-state index in [1.165, 1.54) is 0 Å². The first-order chi connectivity index (χ1) is 14.6. The maximum atomic E-state index is 13.3. The molecule has 0 aliphatic carbocycles. The first kappa shape index (κ1) is 18.4. The maximum Gasteiger partial charge on any atom is 0.256 e. The molecule has 1 N–H and O–H groups in total. The molecule has 2 heterocycles. The van der Waals surface area contributed by atoms with Crippen LogP contribution >= 0.6 is 15.9 Å². The van der Waals surface area contributed by atoms with Gasteiger partial charge in [0.05, 0.1) is 11.3 Å². The molecule has 4 aromatic rings. The Kier molecular flexibility index (Phi) is 4.52. The highest BCUT2D eigenvalue weighted by atomic mass is 79.9. The van der Waals surface area contributed by atoms with E-state index in [0.29, 0.717) is 43.8 Å². The quantitative estimate of drug-likeness (QED) is 0.409. The van der Waals surface area contributed by atoms with Gasteiger partial charge in [-0.3, -0.25) is 9.59 Å². The average Bonchev–Trinajstić information content (AvgIpc) is 3.38. The Bertz CT molecular complexity index is 1310. The summed E-state index contributed by atoms with van der Waals surface area (Å²) in [7, 11) is 0. The lowest BCUT2D eigenvalue weighted by molar-refractivity contribution is 0.101. The van der Waals surface area contributed by atoms with Gasteiger partial charge in [0.25, 0.3) is 5.91 Å². The third-order valence-corrected chi connectivity index (χ3v) is 5.48. The van der Waals surface area contributed by atoms with Crippen molar-refractivity contribution < 1.29 is 23.5 Å². The molecule has 0 fully saturated rings. The molecule has 0 bridgehead atoms. The minimum atomic E-state index is -0.369. The minimum absolute atomic E-state index is 0.0514. The van der Waals surface area contributed by atoms with Gasteiger partial charge < -0.3 is 19.2 Å². The lowest BCUT2D eigenvalue weighted by atomic mass is 10.1. The van der Waals surface area contributed by atoms with E-state index >= 15 is 0 Å². The molecule has 148 valence electrons. The van der Waals surface area contributed by atoms with Gasteiger partial charge in [0.15, 0.2) is 17.3 Å². The molecular weight excluding hydrogens is 450 g/mol. The van der Waals surface area contributed by atoms with Gasteiger partial charge in [0.2, 0.25) is 12.6 Å². The molecule has 1 amide bonds. The van der Waals surface area contributed by atoms with Crippen molar-refractivity contribution in [1.82, 2.24) is 0 Å². The number of carbonyl (C=O) groups excluding carboxylic acids is 2. The van der Waals surface area contributed by atoms with Crippen LogP contribution in [0.25, 0.3) is 11.0 Å². The van der Waals surface area contributed by atoms with Crippen molar-refractivity contribution in [2.45, 2.75) is 0 Å². The minimum Gasteiger partial charge on any atom is -0.454 e. The van der Waals surface area contributed by atoms with Crippen LogP contribution in [0, 0.1) is 0 Å². The fourth-order valence-corrected chi connectivity index (χ4v) is 3.79. The number of carbonyl (C=O) groups is 2. The predicted molar refractivity (Wildman–Crippen MR) is 114 cm³/mol. The Morgan fingerprint density at radius 2 is 1.67 bits per heavy atom. The molecule has 0 saturated heterocycles. The number of amides is 1. The van der Waals surface area contributed by atoms with E-state index in [1.54, 1.807) is 54.6 Å². The number of anilines is 1. The van der Waals surface area contributed by atoms with Crippen LogP contribution in [0.2, 0.25) is 0 Å². The van der Waals surface area contributed by atoms with Crippen LogP contribution in [0.3, 0.4) is 0 Å². The van der Waals surface area contributed by atoms with Crippen LogP contribution in [0.15, 0.2) is 75.6 Å². The third kappa shape index (κ3) is 3.13. The molecular formula is C23H14BrNO5. The highest BCUT2D eigenvalue weighted by Gasteiger charge is 2.26. The Labute approximate surface area is 179 Å². The average molecular weight is 464 g/mol. The van der Waals surface area contributed by atoms with Crippen molar-refractivity contribution in [2.75, 3.05) is 12.1 Å². The molecule has 1 aromatic heterocycles. The second-order valence-corrected chi connectivity index (χ2v) is 7.49. The van der Waals surface area contributed by atoms with E-state index < -0.39 is 0 Å². The van der Waals surface area contributed by atoms with Gasteiger partial charge in [-0.25, -0.2) is 0 Å². The van der Waals surface area contributed by atoms with Crippen LogP contribution in [-0.4, -0.2) is 18.5 Å². The summed E-state index contributed by atoms with van der Waals surface area (Å²) < 4.78 is 17.2. The predicted octanol–water partition coefficient (Wildman–Crippen LogP) is 5.41. The number of ketones is 1. The number of rotatable bonds is 4. The number of fused-ring (bicyclic) bond motifs is 2. The van der Waals surface area contributed by atoms with Crippen LogP contribution in [-0.2, 0) is 0 Å². The topological polar surface area (TPSA) is 77.8 Å². The summed E-state index contributed by atoms with van der Waals surface area (Å²) in [5.74, 6) is 0.408. The lowest BCUT2D eigenvalue weighted by Gasteiger charge is -2.08. The number of hydrogen-bond acceptors (Lipinski definition) is 5. The standard InChI is InChI=1S/C23H14BrNO5/c24-16-7-3-1-5-14(16)23(27)25-20-15-6-2-4-8-17(15)30-22(20)21(26)13-9-10-18-19(11-13)29-12-28-18/h1-11H,12H2,(H,25,27). The Balaban J connectivity index is 1.58. The molecule has 1 aliphatic rings. The number of nitrogens with one attached hydrogen (secondary N) is 1. The van der Waals surface area contributed by atoms with E-state index in [-0.39, 0.29) is 24.2 Å². The molecule has 5 rings (SSSR count). The summed E-state index contributed by atoms with van der Waals surface area (Å²) >= 11 is 3.39. The smallest absolute Gasteiger partial charge is 0.256 e. The van der Waals surface area contributed by atoms with E-state index in [0.717, 1.165) is 0 Å². The van der Waals surface area contributed by atoms with Crippen molar-refractivity contribution in [2.24, 2.45) is 0 Å². The summed E-state index contributed by atoms with van der Waals surface area (Å²) in [6, 6.07) is 19.2. The molecule has 7 heteroatoms. The summed E-state index contributed by atoms with van der Waals surface area (Å²) in [6.07, 6.45) is 0. The molecule has 1 aliphatic heterocycles. The molecule has 0 spiro atoms.